The Hall–Kier alpha value is 0.790. The number of hydrogen-bond donors (Lipinski definition) is 0. The summed E-state index contributed by atoms with van der Waals surface area (Å²) in [5, 5.41) is 0. The van der Waals surface area contributed by atoms with Crippen LogP contribution in [0.4, 0.5) is 0 Å². The third kappa shape index (κ3) is 14.2. The van der Waals surface area contributed by atoms with Gasteiger partial charge in [-0.05, 0) is 108 Å². The van der Waals surface area contributed by atoms with Gasteiger partial charge in [0.1, 0.15) is 0 Å². The van der Waals surface area contributed by atoms with E-state index in [1.165, 1.54) is 43.2 Å². The summed E-state index contributed by atoms with van der Waals surface area (Å²) >= 11 is 5.30. The summed E-state index contributed by atoms with van der Waals surface area (Å²) in [6.07, 6.45) is 0. The Morgan fingerprint density at radius 2 is 0.739 bits per heavy atom. The molecule has 0 saturated heterocycles. The first-order valence-electron chi connectivity index (χ1n) is 14.8. The van der Waals surface area contributed by atoms with Gasteiger partial charge in [0.05, 0.1) is 4.90 Å². The van der Waals surface area contributed by atoms with Crippen molar-refractivity contribution in [2.45, 2.75) is 142 Å². The van der Waals surface area contributed by atoms with Crippen LogP contribution in [0.2, 0.25) is 0 Å². The molecule has 0 heterocycles. The fourth-order valence-corrected chi connectivity index (χ4v) is 9.50. The van der Waals surface area contributed by atoms with Crippen molar-refractivity contribution in [2.75, 3.05) is 0 Å². The third-order valence-corrected chi connectivity index (χ3v) is 12.0. The summed E-state index contributed by atoms with van der Waals surface area (Å²) in [7, 11) is 5.56. The molecular weight excluding hydrogens is 989 g/mol. The molecule has 0 bridgehead atoms. The molecule has 0 saturated carbocycles. The van der Waals surface area contributed by atoms with E-state index in [4.69, 9.17) is 10.7 Å². The molecule has 46 heavy (non-hydrogen) atoms. The van der Waals surface area contributed by atoms with Crippen molar-refractivity contribution in [3.05, 3.63) is 86.5 Å². The summed E-state index contributed by atoms with van der Waals surface area (Å²) in [5.41, 5.74) is 11.3. The predicted octanol–water partition coefficient (Wildman–Crippen LogP) is 11.3. The van der Waals surface area contributed by atoms with Gasteiger partial charge in [-0.3, -0.25) is 0 Å². The molecule has 3 aromatic carbocycles. The molecule has 0 aliphatic carbocycles. The van der Waals surface area contributed by atoms with Crippen molar-refractivity contribution in [3.63, 3.8) is 0 Å². The van der Waals surface area contributed by atoms with Crippen LogP contribution in [0.5, 0.6) is 0 Å². The standard InChI is InChI=1S/C24H34S2.C12H17ClO2S.CH4.I3/c1-15-11-19(23(5,6)7)12-16(2)21(15)25-26-22-17(3)13-20(14-18(22)4)24(8,9)10;1-8-6-10(12(3,4)5)7-9(2)11(8)16(13,14)15;;1-3-2/h11-14H,1-10H3;6-7H,1-5H3;1H4;/q;;;-1. The average Bonchev–Trinajstić information content (AvgIpc) is 2.82. The Labute approximate surface area is 325 Å². The molecule has 3 rings (SSSR count). The van der Waals surface area contributed by atoms with Gasteiger partial charge in [0.15, 0.2) is 0 Å². The maximum absolute atomic E-state index is 11.4. The Morgan fingerprint density at radius 1 is 0.543 bits per heavy atom. The van der Waals surface area contributed by atoms with Gasteiger partial charge in [-0.25, -0.2) is 8.42 Å². The molecule has 2 nitrogen and oxygen atoms in total. The van der Waals surface area contributed by atoms with Crippen LogP contribution < -0.4 is 13.3 Å². The predicted molar refractivity (Wildman–Crippen MR) is 223 cm³/mol. The third-order valence-electron chi connectivity index (χ3n) is 7.43. The Morgan fingerprint density at radius 3 is 0.913 bits per heavy atom. The number of benzene rings is 3. The van der Waals surface area contributed by atoms with Crippen LogP contribution in [-0.2, 0) is 25.3 Å². The topological polar surface area (TPSA) is 34.1 Å². The molecule has 0 atom stereocenters. The van der Waals surface area contributed by atoms with Crippen LogP contribution in [0.25, 0.3) is 0 Å². The van der Waals surface area contributed by atoms with Crippen molar-refractivity contribution in [2.24, 2.45) is 0 Å². The first kappa shape index (κ1) is 46.8. The minimum absolute atomic E-state index is 0. The quantitative estimate of drug-likeness (QED) is 0.148. The van der Waals surface area contributed by atoms with Gasteiger partial charge < -0.3 is 0 Å². The molecule has 3 aromatic rings. The Bertz CT molecular complexity index is 1440. The number of rotatable bonds is 4. The van der Waals surface area contributed by atoms with E-state index in [-0.39, 0.29) is 28.6 Å². The van der Waals surface area contributed by atoms with Gasteiger partial charge in [0, 0.05) is 20.5 Å². The van der Waals surface area contributed by atoms with Crippen molar-refractivity contribution < 1.29 is 21.7 Å². The van der Waals surface area contributed by atoms with Crippen LogP contribution in [-0.4, -0.2) is 8.42 Å². The summed E-state index contributed by atoms with van der Waals surface area (Å²) < 4.78 is 22.8. The average molecular weight is 1040 g/mol. The summed E-state index contributed by atoms with van der Waals surface area (Å²) in [5.74, 6) is 0. The van der Waals surface area contributed by atoms with Crippen LogP contribution in [0, 0.1) is 41.5 Å². The zero-order chi connectivity index (χ0) is 35.3. The monoisotopic (exact) mass is 1040 g/mol. The van der Waals surface area contributed by atoms with Gasteiger partial charge in [-0.15, -0.1) is 0 Å². The van der Waals surface area contributed by atoms with E-state index in [0.717, 1.165) is 5.56 Å². The van der Waals surface area contributed by atoms with Crippen molar-refractivity contribution in [1.29, 1.82) is 0 Å². The van der Waals surface area contributed by atoms with Crippen LogP contribution in [0.1, 0.15) is 120 Å². The van der Waals surface area contributed by atoms with Crippen LogP contribution in [0.15, 0.2) is 51.1 Å². The van der Waals surface area contributed by atoms with Crippen molar-refractivity contribution in [1.82, 2.24) is 0 Å². The van der Waals surface area contributed by atoms with Crippen molar-refractivity contribution in [3.8, 4) is 0 Å². The summed E-state index contributed by atoms with van der Waals surface area (Å²) in [6.45, 7) is 32.5. The van der Waals surface area contributed by atoms with E-state index in [2.05, 4.69) is 152 Å². The molecule has 9 heteroatoms. The first-order valence-corrected chi connectivity index (χ1v) is 31.8. The molecule has 0 amide bonds. The van der Waals surface area contributed by atoms with E-state index in [0.29, 0.717) is 24.4 Å². The van der Waals surface area contributed by atoms with Crippen molar-refractivity contribution >= 4 is 78.6 Å². The van der Waals surface area contributed by atoms with E-state index >= 15 is 0 Å². The molecule has 0 aliphatic heterocycles. The molecular formula is C37H55ClI3O2S3-. The SMILES string of the molecule is C.Cc1cc(C(C)(C)C)cc(C)c1S(=O)(=O)Cl.Cc1cc(C(C)(C)C)cc(C)c1SSc1c(C)cc(C(C)(C)C)cc1C.I[I-]I. The number of halogens is 4. The molecule has 262 valence electrons. The molecule has 0 spiro atoms. The molecule has 0 unspecified atom stereocenters. The molecule has 0 radical (unpaired) electrons. The molecule has 0 N–H and O–H groups in total. The van der Waals surface area contributed by atoms with Crippen LogP contribution >= 0.6 is 69.5 Å². The number of hydrogen-bond acceptors (Lipinski definition) is 4. The fourth-order valence-electron chi connectivity index (χ4n) is 4.88. The minimum atomic E-state index is -3.65. The second-order valence-corrected chi connectivity index (χ2v) is 35.6. The van der Waals surface area contributed by atoms with Gasteiger partial charge in [0.2, 0.25) is 0 Å². The van der Waals surface area contributed by atoms with E-state index < -0.39 is 9.05 Å². The normalized spacial score (nSPS) is 12.0. The molecule has 0 aromatic heterocycles. The fraction of sp³-hybridized carbons (Fsp3) is 0.514. The van der Waals surface area contributed by atoms with E-state index in [1.807, 2.05) is 33.7 Å². The Kier molecular flexibility index (Phi) is 19.2. The second-order valence-electron chi connectivity index (χ2n) is 14.7. The van der Waals surface area contributed by atoms with Gasteiger partial charge in [0.25, 0.3) is 9.05 Å². The van der Waals surface area contributed by atoms with Crippen LogP contribution in [0.3, 0.4) is 0 Å². The summed E-state index contributed by atoms with van der Waals surface area (Å²) in [6, 6.07) is 13.2. The molecule has 0 aliphatic rings. The van der Waals surface area contributed by atoms with Gasteiger partial charge in [-0.1, -0.05) is 128 Å². The Balaban J connectivity index is 0.000000868. The first-order chi connectivity index (χ1) is 20.2. The van der Waals surface area contributed by atoms with Gasteiger partial charge in [-0.2, -0.15) is 0 Å². The van der Waals surface area contributed by atoms with Gasteiger partial charge >= 0.3 is 50.5 Å². The molecule has 0 fully saturated rings. The number of aryl methyl sites for hydroxylation is 6. The zero-order valence-electron chi connectivity index (χ0n) is 29.5. The van der Waals surface area contributed by atoms with E-state index in [1.54, 1.807) is 13.8 Å². The summed E-state index contributed by atoms with van der Waals surface area (Å²) in [4.78, 5) is 3.05. The van der Waals surface area contributed by atoms with E-state index in [9.17, 15) is 8.42 Å². The maximum atomic E-state index is 11.4. The zero-order valence-corrected chi connectivity index (χ0v) is 39.2. The second kappa shape index (κ2) is 18.9.